The summed E-state index contributed by atoms with van der Waals surface area (Å²) in [7, 11) is 2.96. The Kier molecular flexibility index (Phi) is 5.57. The molecule has 27 heavy (non-hydrogen) atoms. The molecule has 0 aliphatic rings. The van der Waals surface area contributed by atoms with Gasteiger partial charge in [-0.05, 0) is 43.3 Å². The molecule has 0 saturated carbocycles. The number of benzene rings is 2. The normalized spacial score (nSPS) is 10.4. The van der Waals surface area contributed by atoms with Crippen molar-refractivity contribution in [2.75, 3.05) is 14.2 Å². The van der Waals surface area contributed by atoms with Gasteiger partial charge in [0.25, 0.3) is 0 Å². The number of hydrogen-bond acceptors (Lipinski definition) is 6. The van der Waals surface area contributed by atoms with Crippen LogP contribution in [0.25, 0.3) is 0 Å². The first-order valence-electron chi connectivity index (χ1n) is 8.06. The zero-order valence-corrected chi connectivity index (χ0v) is 15.8. The number of aryl methyl sites for hydroxylation is 1. The third-order valence-electron chi connectivity index (χ3n) is 3.76. The van der Waals surface area contributed by atoms with E-state index < -0.39 is 0 Å². The van der Waals surface area contributed by atoms with Crippen molar-refractivity contribution in [3.05, 3.63) is 70.2 Å². The number of ketones is 1. The minimum Gasteiger partial charge on any atom is -0.481 e. The highest BCUT2D eigenvalue weighted by molar-refractivity contribution is 6.30. The van der Waals surface area contributed by atoms with Crippen LogP contribution >= 0.6 is 11.6 Å². The van der Waals surface area contributed by atoms with Gasteiger partial charge in [0.15, 0.2) is 5.78 Å². The van der Waals surface area contributed by atoms with E-state index >= 15 is 0 Å². The number of methoxy groups -OCH3 is 2. The van der Waals surface area contributed by atoms with E-state index in [4.69, 9.17) is 25.8 Å². The third-order valence-corrected chi connectivity index (χ3v) is 4.02. The number of carbonyl (C=O) groups excluding carboxylic acids is 1. The number of hydrogen-bond donors (Lipinski definition) is 0. The number of aromatic nitrogens is 2. The molecule has 1 heterocycles. The van der Waals surface area contributed by atoms with Crippen molar-refractivity contribution in [2.45, 2.75) is 6.92 Å². The van der Waals surface area contributed by atoms with E-state index in [9.17, 15) is 4.79 Å². The van der Waals surface area contributed by atoms with Gasteiger partial charge in [-0.15, -0.1) is 0 Å². The van der Waals surface area contributed by atoms with Crippen molar-refractivity contribution in [3.63, 3.8) is 0 Å². The van der Waals surface area contributed by atoms with E-state index in [1.54, 1.807) is 36.4 Å². The molecular weight excluding hydrogens is 368 g/mol. The predicted octanol–water partition coefficient (Wildman–Crippen LogP) is 4.48. The second kappa shape index (κ2) is 8.05. The Labute approximate surface area is 161 Å². The molecule has 0 unspecified atom stereocenters. The summed E-state index contributed by atoms with van der Waals surface area (Å²) < 4.78 is 16.0. The summed E-state index contributed by atoms with van der Waals surface area (Å²) in [5, 5.41) is 0.559. The minimum atomic E-state index is -0.194. The summed E-state index contributed by atoms with van der Waals surface area (Å²) in [6.45, 7) is 1.90. The van der Waals surface area contributed by atoms with Gasteiger partial charge in [0, 0.05) is 10.6 Å². The lowest BCUT2D eigenvalue weighted by Gasteiger charge is -2.12. The molecule has 6 nitrogen and oxygen atoms in total. The molecule has 0 saturated heterocycles. The standard InChI is InChI=1S/C20H17ClN2O4/c1-12-4-9-16(27-20-22-17(25-2)11-18(23-20)26-3)15(10-12)19(24)13-5-7-14(21)8-6-13/h4-11H,1-3H3. The fourth-order valence-corrected chi connectivity index (χ4v) is 2.53. The quantitative estimate of drug-likeness (QED) is 0.583. The van der Waals surface area contributed by atoms with E-state index in [0.29, 0.717) is 21.9 Å². The molecule has 0 spiro atoms. The van der Waals surface area contributed by atoms with Crippen LogP contribution in [0.15, 0.2) is 48.5 Å². The topological polar surface area (TPSA) is 70.5 Å². The maximum absolute atomic E-state index is 13.0. The number of rotatable bonds is 6. The van der Waals surface area contributed by atoms with Gasteiger partial charge in [0.2, 0.25) is 11.8 Å². The Morgan fingerprint density at radius 2 is 1.56 bits per heavy atom. The van der Waals surface area contributed by atoms with Gasteiger partial charge in [0.1, 0.15) is 5.75 Å². The van der Waals surface area contributed by atoms with E-state index in [1.165, 1.54) is 20.3 Å². The second-order valence-electron chi connectivity index (χ2n) is 5.67. The third kappa shape index (κ3) is 4.35. The van der Waals surface area contributed by atoms with E-state index in [-0.39, 0.29) is 23.6 Å². The van der Waals surface area contributed by atoms with Crippen molar-refractivity contribution < 1.29 is 19.0 Å². The largest absolute Gasteiger partial charge is 0.481 e. The fraction of sp³-hybridized carbons (Fsp3) is 0.150. The molecule has 0 fully saturated rings. The van der Waals surface area contributed by atoms with Crippen LogP contribution in [0, 0.1) is 6.92 Å². The lowest BCUT2D eigenvalue weighted by atomic mass is 10.0. The number of halogens is 1. The molecule has 0 amide bonds. The molecule has 3 aromatic rings. The minimum absolute atomic E-state index is 0.0141. The lowest BCUT2D eigenvalue weighted by Crippen LogP contribution is -2.05. The number of nitrogens with zero attached hydrogens (tertiary/aromatic N) is 2. The zero-order valence-electron chi connectivity index (χ0n) is 15.0. The monoisotopic (exact) mass is 384 g/mol. The summed E-state index contributed by atoms with van der Waals surface area (Å²) in [5.74, 6) is 0.708. The molecule has 1 aromatic heterocycles. The van der Waals surface area contributed by atoms with Gasteiger partial charge in [-0.25, -0.2) is 0 Å². The summed E-state index contributed by atoms with van der Waals surface area (Å²) in [5.41, 5.74) is 1.81. The zero-order chi connectivity index (χ0) is 19.4. The highest BCUT2D eigenvalue weighted by Crippen LogP contribution is 2.29. The van der Waals surface area contributed by atoms with Gasteiger partial charge in [-0.1, -0.05) is 23.2 Å². The molecule has 0 aliphatic carbocycles. The SMILES string of the molecule is COc1cc(OC)nc(Oc2ccc(C)cc2C(=O)c2ccc(Cl)cc2)n1. The predicted molar refractivity (Wildman–Crippen MR) is 101 cm³/mol. The highest BCUT2D eigenvalue weighted by Gasteiger charge is 2.17. The molecule has 0 N–H and O–H groups in total. The van der Waals surface area contributed by atoms with Crippen LogP contribution in [0.1, 0.15) is 21.5 Å². The van der Waals surface area contributed by atoms with Crippen LogP contribution in [-0.2, 0) is 0 Å². The second-order valence-corrected chi connectivity index (χ2v) is 6.11. The number of ether oxygens (including phenoxy) is 3. The van der Waals surface area contributed by atoms with Crippen molar-refractivity contribution >= 4 is 17.4 Å². The molecule has 0 bridgehead atoms. The van der Waals surface area contributed by atoms with Crippen molar-refractivity contribution in [1.29, 1.82) is 0 Å². The summed E-state index contributed by atoms with van der Waals surface area (Å²) in [4.78, 5) is 21.2. The Balaban J connectivity index is 2.00. The van der Waals surface area contributed by atoms with Gasteiger partial charge >= 0.3 is 6.01 Å². The average Bonchev–Trinajstić information content (AvgIpc) is 2.69. The first-order chi connectivity index (χ1) is 13.0. The summed E-state index contributed by atoms with van der Waals surface area (Å²) in [6.07, 6.45) is 0. The van der Waals surface area contributed by atoms with E-state index in [1.807, 2.05) is 13.0 Å². The van der Waals surface area contributed by atoms with Crippen LogP contribution in [-0.4, -0.2) is 30.0 Å². The molecule has 138 valence electrons. The Bertz CT molecular complexity index is 952. The van der Waals surface area contributed by atoms with Crippen LogP contribution in [0.5, 0.6) is 23.5 Å². The van der Waals surface area contributed by atoms with Crippen molar-refractivity contribution in [3.8, 4) is 23.5 Å². The molecular formula is C20H17ClN2O4. The first-order valence-corrected chi connectivity index (χ1v) is 8.44. The first kappa shape index (κ1) is 18.7. The van der Waals surface area contributed by atoms with Crippen molar-refractivity contribution in [2.24, 2.45) is 0 Å². The van der Waals surface area contributed by atoms with Crippen molar-refractivity contribution in [1.82, 2.24) is 9.97 Å². The Morgan fingerprint density at radius 1 is 0.926 bits per heavy atom. The van der Waals surface area contributed by atoms with Crippen LogP contribution in [0.3, 0.4) is 0 Å². The molecule has 0 atom stereocenters. The summed E-state index contributed by atoms with van der Waals surface area (Å²) in [6, 6.07) is 13.5. The van der Waals surface area contributed by atoms with Crippen LogP contribution in [0.2, 0.25) is 5.02 Å². The summed E-state index contributed by atoms with van der Waals surface area (Å²) >= 11 is 5.91. The lowest BCUT2D eigenvalue weighted by molar-refractivity contribution is 0.103. The van der Waals surface area contributed by atoms with Gasteiger partial charge < -0.3 is 14.2 Å². The highest BCUT2D eigenvalue weighted by atomic mass is 35.5. The van der Waals surface area contributed by atoms with Gasteiger partial charge in [0.05, 0.1) is 25.8 Å². The Hall–Kier alpha value is -3.12. The molecule has 0 radical (unpaired) electrons. The molecule has 2 aromatic carbocycles. The number of carbonyl (C=O) groups is 1. The molecule has 3 rings (SSSR count). The van der Waals surface area contributed by atoms with Crippen LogP contribution < -0.4 is 14.2 Å². The maximum Gasteiger partial charge on any atom is 0.328 e. The van der Waals surface area contributed by atoms with Gasteiger partial charge in [-0.3, -0.25) is 4.79 Å². The average molecular weight is 385 g/mol. The molecule has 7 heteroatoms. The van der Waals surface area contributed by atoms with Crippen LogP contribution in [0.4, 0.5) is 0 Å². The van der Waals surface area contributed by atoms with E-state index in [0.717, 1.165) is 5.56 Å². The smallest absolute Gasteiger partial charge is 0.328 e. The Morgan fingerprint density at radius 3 is 2.15 bits per heavy atom. The molecule has 0 aliphatic heterocycles. The van der Waals surface area contributed by atoms with Gasteiger partial charge in [-0.2, -0.15) is 9.97 Å². The fourth-order valence-electron chi connectivity index (χ4n) is 2.40. The van der Waals surface area contributed by atoms with E-state index in [2.05, 4.69) is 9.97 Å². The maximum atomic E-state index is 13.0.